The maximum atomic E-state index is 12.6. The van der Waals surface area contributed by atoms with E-state index < -0.39 is 0 Å². The zero-order valence-electron chi connectivity index (χ0n) is 11.7. The Balaban J connectivity index is 2.05. The van der Waals surface area contributed by atoms with Crippen LogP contribution in [0.3, 0.4) is 0 Å². The topological polar surface area (TPSA) is 23.6 Å². The molecule has 1 aliphatic rings. The van der Waals surface area contributed by atoms with Crippen LogP contribution in [-0.2, 0) is 0 Å². The number of piperazine rings is 1. The van der Waals surface area contributed by atoms with Gasteiger partial charge in [0.2, 0.25) is 0 Å². The summed E-state index contributed by atoms with van der Waals surface area (Å²) in [5, 5.41) is 0. The minimum absolute atomic E-state index is 0.168. The first-order valence-electron chi connectivity index (χ1n) is 6.77. The molecule has 0 atom stereocenters. The Bertz CT molecular complexity index is 433. The molecule has 1 aromatic rings. The SMILES string of the molecule is Cc1cccc(C)c1C(=O)N1CCN(CCCl)CC1. The molecule has 1 fully saturated rings. The normalized spacial score (nSPS) is 16.7. The van der Waals surface area contributed by atoms with Gasteiger partial charge in [0.1, 0.15) is 0 Å². The summed E-state index contributed by atoms with van der Waals surface area (Å²) in [5.74, 6) is 0.825. The van der Waals surface area contributed by atoms with Crippen LogP contribution in [0.25, 0.3) is 0 Å². The van der Waals surface area contributed by atoms with Crippen molar-refractivity contribution in [3.63, 3.8) is 0 Å². The lowest BCUT2D eigenvalue weighted by molar-refractivity contribution is 0.0643. The largest absolute Gasteiger partial charge is 0.336 e. The molecule has 1 saturated heterocycles. The molecule has 0 aromatic heterocycles. The minimum Gasteiger partial charge on any atom is -0.336 e. The first kappa shape index (κ1) is 14.4. The van der Waals surface area contributed by atoms with Crippen LogP contribution in [-0.4, -0.2) is 54.3 Å². The molecular weight excluding hydrogens is 260 g/mol. The van der Waals surface area contributed by atoms with Crippen molar-refractivity contribution in [2.24, 2.45) is 0 Å². The molecule has 104 valence electrons. The lowest BCUT2D eigenvalue weighted by Crippen LogP contribution is -2.49. The number of carbonyl (C=O) groups is 1. The monoisotopic (exact) mass is 280 g/mol. The number of nitrogens with zero attached hydrogens (tertiary/aromatic N) is 2. The zero-order chi connectivity index (χ0) is 13.8. The number of carbonyl (C=O) groups excluding carboxylic acids is 1. The molecule has 0 unspecified atom stereocenters. The molecule has 0 spiro atoms. The molecule has 19 heavy (non-hydrogen) atoms. The van der Waals surface area contributed by atoms with Gasteiger partial charge in [0.05, 0.1) is 0 Å². The molecule has 0 radical (unpaired) electrons. The average Bonchev–Trinajstić information content (AvgIpc) is 2.39. The van der Waals surface area contributed by atoms with Crippen molar-refractivity contribution in [2.45, 2.75) is 13.8 Å². The van der Waals surface area contributed by atoms with Crippen LogP contribution < -0.4 is 0 Å². The van der Waals surface area contributed by atoms with Crippen molar-refractivity contribution in [3.05, 3.63) is 34.9 Å². The van der Waals surface area contributed by atoms with Crippen molar-refractivity contribution in [3.8, 4) is 0 Å². The van der Waals surface area contributed by atoms with E-state index in [1.54, 1.807) is 0 Å². The molecular formula is C15H21ClN2O. The fourth-order valence-electron chi connectivity index (χ4n) is 2.60. The molecule has 4 heteroatoms. The van der Waals surface area contributed by atoms with Crippen LogP contribution in [0, 0.1) is 13.8 Å². The molecule has 0 aliphatic carbocycles. The second kappa shape index (κ2) is 6.40. The average molecular weight is 281 g/mol. The zero-order valence-corrected chi connectivity index (χ0v) is 12.4. The Hall–Kier alpha value is -1.06. The molecule has 1 heterocycles. The number of rotatable bonds is 3. The number of hydrogen-bond acceptors (Lipinski definition) is 2. The van der Waals surface area contributed by atoms with E-state index in [-0.39, 0.29) is 5.91 Å². The van der Waals surface area contributed by atoms with E-state index in [1.807, 2.05) is 36.9 Å². The Morgan fingerprint density at radius 2 is 1.74 bits per heavy atom. The molecule has 0 bridgehead atoms. The van der Waals surface area contributed by atoms with Gasteiger partial charge in [-0.2, -0.15) is 0 Å². The summed E-state index contributed by atoms with van der Waals surface area (Å²) in [7, 11) is 0. The molecule has 1 aliphatic heterocycles. The lowest BCUT2D eigenvalue weighted by atomic mass is 10.0. The molecule has 1 aromatic carbocycles. The van der Waals surface area contributed by atoms with Gasteiger partial charge in [-0.3, -0.25) is 9.69 Å². The number of halogens is 1. The molecule has 3 nitrogen and oxygen atoms in total. The summed E-state index contributed by atoms with van der Waals surface area (Å²) in [5.41, 5.74) is 3.00. The van der Waals surface area contributed by atoms with Gasteiger partial charge in [-0.15, -0.1) is 11.6 Å². The van der Waals surface area contributed by atoms with Crippen molar-refractivity contribution < 1.29 is 4.79 Å². The summed E-state index contributed by atoms with van der Waals surface area (Å²) >= 11 is 5.75. The third-order valence-corrected chi connectivity index (χ3v) is 3.92. The number of amides is 1. The second-order valence-corrected chi connectivity index (χ2v) is 5.47. The van der Waals surface area contributed by atoms with Gasteiger partial charge < -0.3 is 4.90 Å². The highest BCUT2D eigenvalue weighted by molar-refractivity contribution is 6.18. The van der Waals surface area contributed by atoms with Gasteiger partial charge in [0, 0.05) is 44.2 Å². The highest BCUT2D eigenvalue weighted by Gasteiger charge is 2.23. The fourth-order valence-corrected chi connectivity index (χ4v) is 2.84. The molecule has 1 amide bonds. The fraction of sp³-hybridized carbons (Fsp3) is 0.533. The van der Waals surface area contributed by atoms with Crippen LogP contribution in [0.15, 0.2) is 18.2 Å². The van der Waals surface area contributed by atoms with Gasteiger partial charge >= 0.3 is 0 Å². The highest BCUT2D eigenvalue weighted by atomic mass is 35.5. The Labute approximate surface area is 120 Å². The summed E-state index contributed by atoms with van der Waals surface area (Å²) in [6, 6.07) is 6.01. The van der Waals surface area contributed by atoms with E-state index in [2.05, 4.69) is 4.90 Å². The summed E-state index contributed by atoms with van der Waals surface area (Å²) < 4.78 is 0. The Morgan fingerprint density at radius 1 is 1.16 bits per heavy atom. The van der Waals surface area contributed by atoms with Crippen molar-refractivity contribution in [1.82, 2.24) is 9.80 Å². The van der Waals surface area contributed by atoms with Gasteiger partial charge in [0.15, 0.2) is 0 Å². The van der Waals surface area contributed by atoms with Crippen molar-refractivity contribution in [2.75, 3.05) is 38.6 Å². The number of hydrogen-bond donors (Lipinski definition) is 0. The predicted molar refractivity (Wildman–Crippen MR) is 79.0 cm³/mol. The first-order valence-corrected chi connectivity index (χ1v) is 7.30. The van der Waals surface area contributed by atoms with Gasteiger partial charge in [-0.05, 0) is 25.0 Å². The Kier molecular flexibility index (Phi) is 4.83. The number of benzene rings is 1. The maximum absolute atomic E-state index is 12.6. The van der Waals surface area contributed by atoms with Gasteiger partial charge in [-0.1, -0.05) is 18.2 Å². The maximum Gasteiger partial charge on any atom is 0.254 e. The predicted octanol–water partition coefficient (Wildman–Crippen LogP) is 2.30. The van der Waals surface area contributed by atoms with Crippen LogP contribution >= 0.6 is 11.6 Å². The molecule has 0 saturated carbocycles. The number of aryl methyl sites for hydroxylation is 2. The standard InChI is InChI=1S/C15H21ClN2O/c1-12-4-3-5-13(2)14(12)15(19)18-10-8-17(7-6-16)9-11-18/h3-5H,6-11H2,1-2H3. The van der Waals surface area contributed by atoms with E-state index in [0.29, 0.717) is 5.88 Å². The highest BCUT2D eigenvalue weighted by Crippen LogP contribution is 2.17. The minimum atomic E-state index is 0.168. The van der Waals surface area contributed by atoms with Crippen LogP contribution in [0.4, 0.5) is 0 Å². The van der Waals surface area contributed by atoms with Gasteiger partial charge in [-0.25, -0.2) is 0 Å². The van der Waals surface area contributed by atoms with Crippen LogP contribution in [0.1, 0.15) is 21.5 Å². The smallest absolute Gasteiger partial charge is 0.254 e. The second-order valence-electron chi connectivity index (χ2n) is 5.09. The van der Waals surface area contributed by atoms with E-state index in [4.69, 9.17) is 11.6 Å². The van der Waals surface area contributed by atoms with Crippen LogP contribution in [0.2, 0.25) is 0 Å². The van der Waals surface area contributed by atoms with E-state index >= 15 is 0 Å². The number of alkyl halides is 1. The van der Waals surface area contributed by atoms with E-state index in [9.17, 15) is 4.79 Å². The van der Waals surface area contributed by atoms with E-state index in [0.717, 1.165) is 49.4 Å². The third kappa shape index (κ3) is 3.28. The summed E-state index contributed by atoms with van der Waals surface area (Å²) in [6.45, 7) is 8.35. The van der Waals surface area contributed by atoms with Gasteiger partial charge in [0.25, 0.3) is 5.91 Å². The van der Waals surface area contributed by atoms with Crippen molar-refractivity contribution in [1.29, 1.82) is 0 Å². The molecule has 2 rings (SSSR count). The van der Waals surface area contributed by atoms with E-state index in [1.165, 1.54) is 0 Å². The van der Waals surface area contributed by atoms with Crippen molar-refractivity contribution >= 4 is 17.5 Å². The summed E-state index contributed by atoms with van der Waals surface area (Å²) in [6.07, 6.45) is 0. The first-order chi connectivity index (χ1) is 9.13. The quantitative estimate of drug-likeness (QED) is 0.793. The lowest BCUT2D eigenvalue weighted by Gasteiger charge is -2.34. The third-order valence-electron chi connectivity index (χ3n) is 3.76. The molecule has 0 N–H and O–H groups in total. The van der Waals surface area contributed by atoms with Crippen LogP contribution in [0.5, 0.6) is 0 Å². The summed E-state index contributed by atoms with van der Waals surface area (Å²) in [4.78, 5) is 16.9. The Morgan fingerprint density at radius 3 is 2.26 bits per heavy atom.